The lowest BCUT2D eigenvalue weighted by Crippen LogP contribution is -2.42. The summed E-state index contributed by atoms with van der Waals surface area (Å²) in [4.78, 5) is 14.5. The molecule has 0 saturated carbocycles. The number of likely N-dealkylation sites (N-methyl/N-ethyl adjacent to an activating group) is 1. The van der Waals surface area contributed by atoms with Gasteiger partial charge in [-0.05, 0) is 58.3 Å². The number of nitrogens with one attached hydrogen (secondary N) is 1. The summed E-state index contributed by atoms with van der Waals surface area (Å²) < 4.78 is 89.1. The molecule has 10 nitrogen and oxygen atoms in total. The van der Waals surface area contributed by atoms with Gasteiger partial charge in [0.05, 0.1) is 11.9 Å². The fourth-order valence-corrected chi connectivity index (χ4v) is 6.23. The highest BCUT2D eigenvalue weighted by molar-refractivity contribution is 7.88. The number of hydrogen-bond acceptors (Lipinski definition) is 8. The first-order chi connectivity index (χ1) is 19.8. The number of imidazole rings is 1. The second kappa shape index (κ2) is 11.8. The van der Waals surface area contributed by atoms with Gasteiger partial charge in [-0.1, -0.05) is 0 Å². The largest absolute Gasteiger partial charge is 0.492 e. The van der Waals surface area contributed by atoms with E-state index in [1.165, 1.54) is 27.2 Å². The summed E-state index contributed by atoms with van der Waals surface area (Å²) in [6, 6.07) is 4.42. The number of aromatic nitrogens is 4. The van der Waals surface area contributed by atoms with Gasteiger partial charge in [-0.25, -0.2) is 32.1 Å². The molecule has 0 unspecified atom stereocenters. The van der Waals surface area contributed by atoms with Gasteiger partial charge in [-0.2, -0.15) is 13.2 Å². The summed E-state index contributed by atoms with van der Waals surface area (Å²) in [5.74, 6) is -0.0215. The number of piperidine rings is 1. The van der Waals surface area contributed by atoms with E-state index in [1.807, 2.05) is 7.05 Å². The third-order valence-corrected chi connectivity index (χ3v) is 9.07. The Kier molecular flexibility index (Phi) is 8.45. The Morgan fingerprint density at radius 2 is 1.86 bits per heavy atom. The molecule has 2 fully saturated rings. The van der Waals surface area contributed by atoms with E-state index in [0.29, 0.717) is 31.4 Å². The Hall–Kier alpha value is -3.30. The maximum Gasteiger partial charge on any atom is 0.420 e. The molecule has 15 heteroatoms. The number of sulfonamides is 1. The molecule has 2 saturated heterocycles. The number of likely N-dealkylation sites (tertiary alicyclic amines) is 1. The molecule has 0 aliphatic carbocycles. The number of anilines is 1. The van der Waals surface area contributed by atoms with Crippen molar-refractivity contribution in [3.63, 3.8) is 0 Å². The first-order valence-corrected chi connectivity index (χ1v) is 15.5. The number of hydrogen-bond donors (Lipinski definition) is 1. The number of alkyl halides is 3. The lowest BCUT2D eigenvalue weighted by atomic mass is 10.1. The Bertz CT molecular complexity index is 1540. The molecule has 228 valence electrons. The van der Waals surface area contributed by atoms with Crippen LogP contribution >= 0.6 is 0 Å². The molecule has 0 spiro atoms. The molecule has 2 aliphatic heterocycles. The lowest BCUT2D eigenvalue weighted by molar-refractivity contribution is -0.137. The molecule has 4 heterocycles. The Balaban J connectivity index is 1.37. The molecule has 1 aromatic carbocycles. The fourth-order valence-electron chi connectivity index (χ4n) is 5.35. The minimum atomic E-state index is -4.76. The van der Waals surface area contributed by atoms with Crippen molar-refractivity contribution in [3.05, 3.63) is 47.8 Å². The van der Waals surface area contributed by atoms with E-state index in [1.54, 1.807) is 13.0 Å². The van der Waals surface area contributed by atoms with Crippen LogP contribution in [-0.2, 0) is 16.2 Å². The molecule has 2 aliphatic rings. The van der Waals surface area contributed by atoms with Gasteiger partial charge in [0.25, 0.3) is 0 Å². The molecule has 1 N–H and O–H groups in total. The SMILES string of the molecule is Cc1nc(-c2nc(NC3CCN(S(C)(=O)=O)CC3)ncc2C(F)(F)F)cn1-c1ccc(OC[C@@H]2CCCN2C)cc1F. The van der Waals surface area contributed by atoms with Crippen molar-refractivity contribution < 1.29 is 30.7 Å². The average molecular weight is 612 g/mol. The first kappa shape index (κ1) is 30.2. The monoisotopic (exact) mass is 611 g/mol. The average Bonchev–Trinajstić information content (AvgIpc) is 3.51. The van der Waals surface area contributed by atoms with Gasteiger partial charge < -0.3 is 19.5 Å². The Morgan fingerprint density at radius 3 is 2.48 bits per heavy atom. The quantitative estimate of drug-likeness (QED) is 0.380. The third kappa shape index (κ3) is 6.68. The van der Waals surface area contributed by atoms with Gasteiger partial charge in [0.1, 0.15) is 35.1 Å². The summed E-state index contributed by atoms with van der Waals surface area (Å²) in [6.45, 7) is 3.55. The number of ether oxygens (including phenoxy) is 1. The van der Waals surface area contributed by atoms with Crippen molar-refractivity contribution >= 4 is 16.0 Å². The Morgan fingerprint density at radius 1 is 1.12 bits per heavy atom. The van der Waals surface area contributed by atoms with Crippen molar-refractivity contribution in [2.45, 2.75) is 50.9 Å². The van der Waals surface area contributed by atoms with E-state index in [0.717, 1.165) is 25.6 Å². The van der Waals surface area contributed by atoms with Crippen LogP contribution < -0.4 is 10.1 Å². The van der Waals surface area contributed by atoms with E-state index in [4.69, 9.17) is 4.74 Å². The summed E-state index contributed by atoms with van der Waals surface area (Å²) in [6.07, 6.45) is 1.36. The molecule has 0 radical (unpaired) electrons. The van der Waals surface area contributed by atoms with Gasteiger partial charge in [-0.3, -0.25) is 0 Å². The fraction of sp³-hybridized carbons (Fsp3) is 0.519. The van der Waals surface area contributed by atoms with E-state index in [-0.39, 0.29) is 48.3 Å². The third-order valence-electron chi connectivity index (χ3n) is 7.77. The molecular weight excluding hydrogens is 578 g/mol. The summed E-state index contributed by atoms with van der Waals surface area (Å²) >= 11 is 0. The van der Waals surface area contributed by atoms with Crippen molar-refractivity contribution in [2.75, 3.05) is 44.9 Å². The summed E-state index contributed by atoms with van der Waals surface area (Å²) in [7, 11) is -1.30. The topological polar surface area (TPSA) is 105 Å². The predicted octanol–water partition coefficient (Wildman–Crippen LogP) is 4.10. The van der Waals surface area contributed by atoms with Crippen LogP contribution in [0.3, 0.4) is 0 Å². The maximum absolute atomic E-state index is 15.2. The van der Waals surface area contributed by atoms with Crippen LogP contribution in [0.15, 0.2) is 30.6 Å². The molecule has 0 bridgehead atoms. The molecule has 0 amide bonds. The van der Waals surface area contributed by atoms with Gasteiger partial charge >= 0.3 is 6.18 Å². The highest BCUT2D eigenvalue weighted by atomic mass is 32.2. The smallest absolute Gasteiger partial charge is 0.420 e. The second-order valence-electron chi connectivity index (χ2n) is 10.8. The van der Waals surface area contributed by atoms with Crippen LogP contribution in [0.25, 0.3) is 17.1 Å². The minimum Gasteiger partial charge on any atom is -0.492 e. The standard InChI is InChI=1S/C27H33F4N7O3S/c1-17-33-23(15-38(17)24-7-6-20(13-22(24)28)41-16-19-5-4-10-36(19)2)25-21(27(29,30)31)14-32-26(35-25)34-18-8-11-37(12-9-18)42(3,39)40/h6-7,13-15,18-19H,4-5,8-12,16H2,1-3H3,(H,32,34,35)/t19-/m0/s1. The van der Waals surface area contributed by atoms with Crippen molar-refractivity contribution in [2.24, 2.45) is 0 Å². The van der Waals surface area contributed by atoms with Crippen molar-refractivity contribution in [1.29, 1.82) is 0 Å². The number of nitrogens with zero attached hydrogens (tertiary/aromatic N) is 6. The van der Waals surface area contributed by atoms with Crippen LogP contribution in [0.5, 0.6) is 5.75 Å². The van der Waals surface area contributed by atoms with Crippen molar-refractivity contribution in [3.8, 4) is 22.8 Å². The zero-order valence-electron chi connectivity index (χ0n) is 23.5. The summed E-state index contributed by atoms with van der Waals surface area (Å²) in [5, 5.41) is 3.02. The number of aryl methyl sites for hydroxylation is 1. The molecule has 2 aromatic heterocycles. The van der Waals surface area contributed by atoms with Crippen LogP contribution in [0.2, 0.25) is 0 Å². The number of halogens is 4. The van der Waals surface area contributed by atoms with E-state index in [2.05, 4.69) is 25.2 Å². The van der Waals surface area contributed by atoms with Gasteiger partial charge in [-0.15, -0.1) is 0 Å². The molecular formula is C27H33F4N7O3S. The molecule has 1 atom stereocenters. The number of benzene rings is 1. The van der Waals surface area contributed by atoms with E-state index < -0.39 is 33.3 Å². The van der Waals surface area contributed by atoms with Gasteiger partial charge in [0.2, 0.25) is 16.0 Å². The first-order valence-electron chi connectivity index (χ1n) is 13.6. The van der Waals surface area contributed by atoms with Crippen LogP contribution in [0.1, 0.15) is 37.1 Å². The predicted molar refractivity (Wildman–Crippen MR) is 148 cm³/mol. The van der Waals surface area contributed by atoms with E-state index >= 15 is 4.39 Å². The minimum absolute atomic E-state index is 0.0383. The van der Waals surface area contributed by atoms with Crippen LogP contribution in [-0.4, -0.2) is 88.8 Å². The lowest BCUT2D eigenvalue weighted by Gasteiger charge is -2.30. The Labute approximate surface area is 241 Å². The normalized spacial score (nSPS) is 19.4. The molecule has 3 aromatic rings. The van der Waals surface area contributed by atoms with Gasteiger partial charge in [0, 0.05) is 43.6 Å². The van der Waals surface area contributed by atoms with Gasteiger partial charge in [0.15, 0.2) is 5.82 Å². The highest BCUT2D eigenvalue weighted by Gasteiger charge is 2.37. The highest BCUT2D eigenvalue weighted by Crippen LogP contribution is 2.36. The van der Waals surface area contributed by atoms with E-state index in [9.17, 15) is 21.6 Å². The van der Waals surface area contributed by atoms with Crippen LogP contribution in [0.4, 0.5) is 23.5 Å². The number of rotatable bonds is 8. The van der Waals surface area contributed by atoms with Crippen molar-refractivity contribution in [1.82, 2.24) is 28.7 Å². The maximum atomic E-state index is 15.2. The zero-order chi connectivity index (χ0) is 30.2. The zero-order valence-corrected chi connectivity index (χ0v) is 24.3. The second-order valence-corrected chi connectivity index (χ2v) is 12.8. The van der Waals surface area contributed by atoms with Crippen LogP contribution in [0, 0.1) is 12.7 Å². The molecule has 5 rings (SSSR count). The molecule has 42 heavy (non-hydrogen) atoms. The summed E-state index contributed by atoms with van der Waals surface area (Å²) in [5.41, 5.74) is -1.52.